The second-order valence-corrected chi connectivity index (χ2v) is 6.56. The Labute approximate surface area is 117 Å². The smallest absolute Gasteiger partial charge is 0.0644 e. The highest BCUT2D eigenvalue weighted by Gasteiger charge is 2.42. The molecule has 3 rings (SSSR count). The summed E-state index contributed by atoms with van der Waals surface area (Å²) in [6, 6.07) is 0. The normalized spacial score (nSPS) is 38.3. The van der Waals surface area contributed by atoms with Gasteiger partial charge < -0.3 is 9.84 Å². The van der Waals surface area contributed by atoms with Crippen LogP contribution in [0.4, 0.5) is 0 Å². The molecule has 0 aromatic rings. The van der Waals surface area contributed by atoms with Crippen LogP contribution in [0.3, 0.4) is 0 Å². The second kappa shape index (κ2) is 6.41. The van der Waals surface area contributed by atoms with Crippen molar-refractivity contribution in [2.45, 2.75) is 76.4 Å². The van der Waals surface area contributed by atoms with Gasteiger partial charge in [0.25, 0.3) is 0 Å². The fraction of sp³-hybridized carbons (Fsp3) is 0.882. The van der Waals surface area contributed by atoms with Gasteiger partial charge in [-0.15, -0.1) is 0 Å². The summed E-state index contributed by atoms with van der Waals surface area (Å²) in [5.41, 5.74) is 1.76. The molecule has 2 aliphatic carbocycles. The van der Waals surface area contributed by atoms with E-state index in [0.29, 0.717) is 24.7 Å². The number of hydrogen-bond donors (Lipinski definition) is 1. The molecule has 2 nitrogen and oxygen atoms in total. The highest BCUT2D eigenvalue weighted by atomic mass is 16.5. The average molecular weight is 264 g/mol. The van der Waals surface area contributed by atoms with E-state index in [-0.39, 0.29) is 0 Å². The SMILES string of the molecule is OCCCC[C@H]1O[C@H]2CCCC[C@@H]2C2=CCCC[C@@H]21. The Morgan fingerprint density at radius 1 is 1.05 bits per heavy atom. The van der Waals surface area contributed by atoms with Crippen molar-refractivity contribution < 1.29 is 9.84 Å². The monoisotopic (exact) mass is 264 g/mol. The highest BCUT2D eigenvalue weighted by molar-refractivity contribution is 5.20. The number of aliphatic hydroxyl groups is 1. The van der Waals surface area contributed by atoms with Gasteiger partial charge in [0.15, 0.2) is 0 Å². The zero-order valence-corrected chi connectivity index (χ0v) is 12.0. The van der Waals surface area contributed by atoms with Crippen molar-refractivity contribution in [3.8, 4) is 0 Å². The molecular formula is C17H28O2. The number of rotatable bonds is 4. The molecule has 108 valence electrons. The van der Waals surface area contributed by atoms with Crippen LogP contribution in [-0.2, 0) is 4.74 Å². The maximum absolute atomic E-state index is 8.96. The van der Waals surface area contributed by atoms with Crippen LogP contribution in [0.1, 0.15) is 64.2 Å². The molecule has 1 saturated carbocycles. The van der Waals surface area contributed by atoms with Crippen LogP contribution in [0.15, 0.2) is 11.6 Å². The van der Waals surface area contributed by atoms with E-state index in [9.17, 15) is 0 Å². The van der Waals surface area contributed by atoms with Gasteiger partial charge in [0.1, 0.15) is 0 Å². The molecule has 3 aliphatic rings. The molecule has 0 aromatic heterocycles. The van der Waals surface area contributed by atoms with Gasteiger partial charge in [-0.3, -0.25) is 0 Å². The fourth-order valence-electron chi connectivity index (χ4n) is 4.44. The number of allylic oxidation sites excluding steroid dienone is 1. The number of fused-ring (bicyclic) bond motifs is 3. The molecule has 0 amide bonds. The molecule has 1 heterocycles. The Morgan fingerprint density at radius 3 is 2.79 bits per heavy atom. The van der Waals surface area contributed by atoms with E-state index in [4.69, 9.17) is 9.84 Å². The Morgan fingerprint density at radius 2 is 1.89 bits per heavy atom. The van der Waals surface area contributed by atoms with Gasteiger partial charge in [0, 0.05) is 18.4 Å². The molecule has 0 bridgehead atoms. The molecule has 0 radical (unpaired) electrons. The third-order valence-corrected chi connectivity index (χ3v) is 5.35. The third-order valence-electron chi connectivity index (χ3n) is 5.35. The highest BCUT2D eigenvalue weighted by Crippen LogP contribution is 2.46. The van der Waals surface area contributed by atoms with E-state index < -0.39 is 0 Å². The second-order valence-electron chi connectivity index (χ2n) is 6.56. The summed E-state index contributed by atoms with van der Waals surface area (Å²) in [4.78, 5) is 0. The predicted molar refractivity (Wildman–Crippen MR) is 77.0 cm³/mol. The Kier molecular flexibility index (Phi) is 4.60. The fourth-order valence-corrected chi connectivity index (χ4v) is 4.44. The largest absolute Gasteiger partial charge is 0.396 e. The van der Waals surface area contributed by atoms with Crippen molar-refractivity contribution in [1.29, 1.82) is 0 Å². The number of unbranched alkanes of at least 4 members (excludes halogenated alkanes) is 1. The van der Waals surface area contributed by atoms with Crippen molar-refractivity contribution in [3.63, 3.8) is 0 Å². The van der Waals surface area contributed by atoms with Gasteiger partial charge in [-0.05, 0) is 51.4 Å². The first-order valence-electron chi connectivity index (χ1n) is 8.36. The number of ether oxygens (including phenoxy) is 1. The molecule has 1 aliphatic heterocycles. The molecule has 2 fully saturated rings. The van der Waals surface area contributed by atoms with Gasteiger partial charge in [0.05, 0.1) is 12.2 Å². The van der Waals surface area contributed by atoms with Crippen LogP contribution in [-0.4, -0.2) is 23.9 Å². The summed E-state index contributed by atoms with van der Waals surface area (Å²) in [7, 11) is 0. The lowest BCUT2D eigenvalue weighted by molar-refractivity contribution is -0.107. The zero-order chi connectivity index (χ0) is 13.1. The van der Waals surface area contributed by atoms with E-state index in [0.717, 1.165) is 25.2 Å². The Bertz CT molecular complexity index is 323. The van der Waals surface area contributed by atoms with E-state index in [1.165, 1.54) is 44.9 Å². The van der Waals surface area contributed by atoms with Gasteiger partial charge in [0.2, 0.25) is 0 Å². The molecule has 0 unspecified atom stereocenters. The van der Waals surface area contributed by atoms with Crippen LogP contribution in [0.2, 0.25) is 0 Å². The van der Waals surface area contributed by atoms with Gasteiger partial charge in [-0.2, -0.15) is 0 Å². The molecule has 1 N–H and O–H groups in total. The van der Waals surface area contributed by atoms with Crippen molar-refractivity contribution in [3.05, 3.63) is 11.6 Å². The first-order chi connectivity index (χ1) is 9.40. The van der Waals surface area contributed by atoms with Crippen LogP contribution < -0.4 is 0 Å². The van der Waals surface area contributed by atoms with Crippen LogP contribution in [0.25, 0.3) is 0 Å². The minimum Gasteiger partial charge on any atom is -0.396 e. The summed E-state index contributed by atoms with van der Waals surface area (Å²) in [5.74, 6) is 1.44. The minimum atomic E-state index is 0.326. The summed E-state index contributed by atoms with van der Waals surface area (Å²) in [6.45, 7) is 0.326. The van der Waals surface area contributed by atoms with Crippen molar-refractivity contribution in [2.24, 2.45) is 11.8 Å². The summed E-state index contributed by atoms with van der Waals surface area (Å²) in [6.07, 6.45) is 16.0. The molecule has 1 saturated heterocycles. The molecule has 0 spiro atoms. The maximum atomic E-state index is 8.96. The van der Waals surface area contributed by atoms with Crippen molar-refractivity contribution >= 4 is 0 Å². The maximum Gasteiger partial charge on any atom is 0.0644 e. The molecule has 19 heavy (non-hydrogen) atoms. The van der Waals surface area contributed by atoms with Crippen LogP contribution in [0.5, 0.6) is 0 Å². The quantitative estimate of drug-likeness (QED) is 0.617. The van der Waals surface area contributed by atoms with Crippen molar-refractivity contribution in [2.75, 3.05) is 6.61 Å². The van der Waals surface area contributed by atoms with E-state index in [1.807, 2.05) is 0 Å². The minimum absolute atomic E-state index is 0.326. The average Bonchev–Trinajstić information content (AvgIpc) is 2.47. The lowest BCUT2D eigenvalue weighted by Crippen LogP contribution is -2.45. The lowest BCUT2D eigenvalue weighted by Gasteiger charge is -2.47. The first-order valence-corrected chi connectivity index (χ1v) is 8.36. The first kappa shape index (κ1) is 13.6. The molecule has 0 aromatic carbocycles. The lowest BCUT2D eigenvalue weighted by atomic mass is 9.68. The van der Waals surface area contributed by atoms with Crippen molar-refractivity contribution in [1.82, 2.24) is 0 Å². The Hall–Kier alpha value is -0.340. The molecule has 2 heteroatoms. The van der Waals surface area contributed by atoms with Gasteiger partial charge in [-0.1, -0.05) is 24.5 Å². The van der Waals surface area contributed by atoms with Gasteiger partial charge in [-0.25, -0.2) is 0 Å². The Balaban J connectivity index is 1.71. The van der Waals surface area contributed by atoms with Gasteiger partial charge >= 0.3 is 0 Å². The van der Waals surface area contributed by atoms with E-state index in [1.54, 1.807) is 5.57 Å². The third kappa shape index (κ3) is 2.90. The molecular weight excluding hydrogens is 236 g/mol. The summed E-state index contributed by atoms with van der Waals surface area (Å²) >= 11 is 0. The summed E-state index contributed by atoms with van der Waals surface area (Å²) in [5, 5.41) is 8.96. The number of hydrogen-bond acceptors (Lipinski definition) is 2. The standard InChI is InChI=1S/C17H28O2/c18-12-6-5-11-17-14-8-2-1-7-13(14)15-9-3-4-10-16(15)19-17/h7,14-18H,1-6,8-12H2/t14-,15+,16-,17+/m0/s1. The topological polar surface area (TPSA) is 29.5 Å². The van der Waals surface area contributed by atoms with Crippen LogP contribution in [0, 0.1) is 11.8 Å². The van der Waals surface area contributed by atoms with Crippen LogP contribution >= 0.6 is 0 Å². The zero-order valence-electron chi connectivity index (χ0n) is 12.0. The molecule has 4 atom stereocenters. The summed E-state index contributed by atoms with van der Waals surface area (Å²) < 4.78 is 6.48. The van der Waals surface area contributed by atoms with E-state index in [2.05, 4.69) is 6.08 Å². The predicted octanol–water partition coefficient (Wildman–Crippen LogP) is 3.83. The van der Waals surface area contributed by atoms with E-state index >= 15 is 0 Å². The number of aliphatic hydroxyl groups excluding tert-OH is 1.